The van der Waals surface area contributed by atoms with Crippen molar-refractivity contribution in [1.82, 2.24) is 14.3 Å². The Hall–Kier alpha value is -3.49. The van der Waals surface area contributed by atoms with Crippen LogP contribution in [0.15, 0.2) is 88.7 Å². The first-order chi connectivity index (χ1) is 20.8. The third kappa shape index (κ3) is 10.0. The number of aliphatic hydroxyl groups is 1. The molecule has 0 saturated carbocycles. The number of benzene rings is 3. The largest absolute Gasteiger partial charge is 0.399 e. The molecule has 0 spiro atoms. The molecule has 7 N–H and O–H groups in total. The van der Waals surface area contributed by atoms with Crippen LogP contribution in [0, 0.1) is 5.92 Å². The van der Waals surface area contributed by atoms with Gasteiger partial charge in [-0.15, -0.1) is 0 Å². The van der Waals surface area contributed by atoms with Gasteiger partial charge in [0, 0.05) is 30.5 Å². The maximum atomic E-state index is 13.5. The van der Waals surface area contributed by atoms with Crippen molar-refractivity contribution >= 4 is 37.3 Å². The van der Waals surface area contributed by atoms with Gasteiger partial charge in [-0.2, -0.15) is 9.03 Å². The first kappa shape index (κ1) is 35.0. The van der Waals surface area contributed by atoms with Crippen LogP contribution in [0.25, 0.3) is 0 Å². The van der Waals surface area contributed by atoms with Gasteiger partial charge in [-0.3, -0.25) is 4.79 Å². The number of aliphatic hydroxyl groups excluding tert-OH is 1. The zero-order valence-electron chi connectivity index (χ0n) is 25.1. The first-order valence-corrected chi connectivity index (χ1v) is 17.4. The number of nitrogens with zero attached hydrogens (tertiary/aromatic N) is 1. The Morgan fingerprint density at radius 2 is 1.41 bits per heavy atom. The fourth-order valence-electron chi connectivity index (χ4n) is 4.68. The van der Waals surface area contributed by atoms with Gasteiger partial charge in [-0.05, 0) is 79.3 Å². The second-order valence-electron chi connectivity index (χ2n) is 11.1. The summed E-state index contributed by atoms with van der Waals surface area (Å²) >= 11 is 0. The summed E-state index contributed by atoms with van der Waals surface area (Å²) in [5, 5.41) is 13.0. The van der Waals surface area contributed by atoms with Crippen LogP contribution in [0.4, 0.5) is 11.4 Å². The number of sulfonamides is 2. The number of rotatable bonds is 17. The number of nitrogens with two attached hydrogens (primary N) is 2. The summed E-state index contributed by atoms with van der Waals surface area (Å²) in [6.07, 6.45) is 1.51. The molecule has 0 aromatic heterocycles. The number of amides is 1. The second kappa shape index (κ2) is 16.0. The molecule has 0 radical (unpaired) electrons. The molecule has 0 aliphatic heterocycles. The Labute approximate surface area is 260 Å². The van der Waals surface area contributed by atoms with E-state index in [0.717, 1.165) is 5.56 Å². The fraction of sp³-hybridized carbons (Fsp3) is 0.387. The van der Waals surface area contributed by atoms with Crippen LogP contribution in [0.2, 0.25) is 0 Å². The highest BCUT2D eigenvalue weighted by Crippen LogP contribution is 2.23. The van der Waals surface area contributed by atoms with Crippen LogP contribution < -0.4 is 21.5 Å². The van der Waals surface area contributed by atoms with Crippen LogP contribution >= 0.6 is 0 Å². The molecule has 2 atom stereocenters. The van der Waals surface area contributed by atoms with Crippen molar-refractivity contribution < 1.29 is 26.7 Å². The molecule has 3 aromatic carbocycles. The molecule has 3 rings (SSSR count). The molecular formula is C31H43N5O6S2. The van der Waals surface area contributed by atoms with E-state index in [2.05, 4.69) is 10.0 Å². The predicted octanol–water partition coefficient (Wildman–Crippen LogP) is 2.73. The lowest BCUT2D eigenvalue weighted by Gasteiger charge is -2.31. The van der Waals surface area contributed by atoms with Crippen molar-refractivity contribution in [2.24, 2.45) is 5.92 Å². The van der Waals surface area contributed by atoms with Gasteiger partial charge in [-0.1, -0.05) is 50.6 Å². The molecule has 11 nitrogen and oxygen atoms in total. The van der Waals surface area contributed by atoms with E-state index in [1.54, 1.807) is 0 Å². The van der Waals surface area contributed by atoms with Gasteiger partial charge in [0.15, 0.2) is 0 Å². The molecule has 0 unspecified atom stereocenters. The zero-order valence-corrected chi connectivity index (χ0v) is 26.7. The standard InChI is InChI=1S/C31H43N5O6S2/c1-23(2)21-36(44(41,42)29-17-13-26(33)14-18-29)27(22-37)10-6-7-19-34-31(38)30(20-24-8-4-3-5-9-24)35-43(39,40)28-15-11-25(32)12-16-28/h3-5,8-9,11-18,23,27,30,35,37H,6-7,10,19-22,32-33H2,1-2H3,(H,34,38)/t27-,30-/m0/s1. The minimum atomic E-state index is -4.01. The topological polar surface area (TPSA) is 185 Å². The van der Waals surface area contributed by atoms with Crippen molar-refractivity contribution in [3.05, 3.63) is 84.4 Å². The highest BCUT2D eigenvalue weighted by molar-refractivity contribution is 7.89. The van der Waals surface area contributed by atoms with E-state index in [-0.39, 0.29) is 41.8 Å². The average molecular weight is 646 g/mol. The molecule has 0 heterocycles. The second-order valence-corrected chi connectivity index (χ2v) is 14.7. The Bertz CT molecular complexity index is 1550. The maximum Gasteiger partial charge on any atom is 0.243 e. The van der Waals surface area contributed by atoms with Crippen LogP contribution in [-0.4, -0.2) is 63.9 Å². The van der Waals surface area contributed by atoms with E-state index >= 15 is 0 Å². The van der Waals surface area contributed by atoms with Crippen molar-refractivity contribution in [1.29, 1.82) is 0 Å². The summed E-state index contributed by atoms with van der Waals surface area (Å²) in [5.74, 6) is -0.468. The van der Waals surface area contributed by atoms with E-state index in [0.29, 0.717) is 30.6 Å². The molecule has 0 saturated heterocycles. The molecule has 0 bridgehead atoms. The van der Waals surface area contributed by atoms with E-state index in [1.807, 2.05) is 44.2 Å². The van der Waals surface area contributed by atoms with Crippen LogP contribution in [0.5, 0.6) is 0 Å². The summed E-state index contributed by atoms with van der Waals surface area (Å²) < 4.78 is 56.9. The summed E-state index contributed by atoms with van der Waals surface area (Å²) in [7, 11) is -7.90. The van der Waals surface area contributed by atoms with E-state index < -0.39 is 38.0 Å². The number of carbonyl (C=O) groups is 1. The van der Waals surface area contributed by atoms with Gasteiger partial charge in [0.05, 0.1) is 16.4 Å². The molecule has 0 aliphatic carbocycles. The molecule has 0 aliphatic rings. The van der Waals surface area contributed by atoms with Crippen molar-refractivity contribution in [3.63, 3.8) is 0 Å². The first-order valence-electron chi connectivity index (χ1n) is 14.5. The van der Waals surface area contributed by atoms with Crippen molar-refractivity contribution in [3.8, 4) is 0 Å². The Morgan fingerprint density at radius 1 is 0.841 bits per heavy atom. The lowest BCUT2D eigenvalue weighted by molar-refractivity contribution is -0.122. The summed E-state index contributed by atoms with van der Waals surface area (Å²) in [5.41, 5.74) is 13.1. The zero-order chi connectivity index (χ0) is 32.3. The van der Waals surface area contributed by atoms with Crippen LogP contribution in [0.1, 0.15) is 38.7 Å². The Kier molecular flexibility index (Phi) is 12.7. The van der Waals surface area contributed by atoms with Crippen molar-refractivity contribution in [2.75, 3.05) is 31.2 Å². The van der Waals surface area contributed by atoms with Crippen LogP contribution in [0.3, 0.4) is 0 Å². The summed E-state index contributed by atoms with van der Waals surface area (Å²) in [6, 6.07) is 19.0. The minimum Gasteiger partial charge on any atom is -0.399 e. The number of hydrogen-bond acceptors (Lipinski definition) is 8. The molecule has 240 valence electrons. The monoisotopic (exact) mass is 645 g/mol. The van der Waals surface area contributed by atoms with Gasteiger partial charge in [-0.25, -0.2) is 16.8 Å². The molecular weight excluding hydrogens is 603 g/mol. The van der Waals surface area contributed by atoms with Crippen LogP contribution in [-0.2, 0) is 31.3 Å². The van der Waals surface area contributed by atoms with Gasteiger partial charge in [0.2, 0.25) is 26.0 Å². The quantitative estimate of drug-likeness (QED) is 0.110. The average Bonchev–Trinajstić information content (AvgIpc) is 2.98. The summed E-state index contributed by atoms with van der Waals surface area (Å²) in [4.78, 5) is 13.3. The molecule has 13 heteroatoms. The molecule has 3 aromatic rings. The lowest BCUT2D eigenvalue weighted by atomic mass is 10.1. The van der Waals surface area contributed by atoms with E-state index in [9.17, 15) is 26.7 Å². The van der Waals surface area contributed by atoms with Gasteiger partial charge in [0.25, 0.3) is 0 Å². The number of hydrogen-bond donors (Lipinski definition) is 5. The highest BCUT2D eigenvalue weighted by atomic mass is 32.2. The van der Waals surface area contributed by atoms with E-state index in [4.69, 9.17) is 11.5 Å². The normalized spacial score (nSPS) is 13.6. The molecule has 44 heavy (non-hydrogen) atoms. The number of unbranched alkanes of at least 4 members (excludes halogenated alkanes) is 1. The van der Waals surface area contributed by atoms with Gasteiger partial charge in [0.1, 0.15) is 6.04 Å². The van der Waals surface area contributed by atoms with Crippen molar-refractivity contribution in [2.45, 2.75) is 61.4 Å². The minimum absolute atomic E-state index is 0.00696. The van der Waals surface area contributed by atoms with Gasteiger partial charge < -0.3 is 21.9 Å². The molecule has 1 amide bonds. The molecule has 0 fully saturated rings. The number of nitrogen functional groups attached to an aromatic ring is 2. The lowest BCUT2D eigenvalue weighted by Crippen LogP contribution is -2.48. The van der Waals surface area contributed by atoms with E-state index in [1.165, 1.54) is 52.8 Å². The third-order valence-corrected chi connectivity index (χ3v) is 10.4. The Balaban J connectivity index is 1.64. The third-order valence-electron chi connectivity index (χ3n) is 7.00. The maximum absolute atomic E-state index is 13.5. The number of nitrogens with one attached hydrogen (secondary N) is 2. The summed E-state index contributed by atoms with van der Waals surface area (Å²) in [6.45, 7) is 3.91. The predicted molar refractivity (Wildman–Crippen MR) is 172 cm³/mol. The number of carbonyl (C=O) groups excluding carboxylic acids is 1. The number of anilines is 2. The smallest absolute Gasteiger partial charge is 0.243 e. The SMILES string of the molecule is CC(C)CN([C@H](CO)CCCCNC(=O)[C@H](Cc1ccccc1)NS(=O)(=O)c1ccc(N)cc1)S(=O)(=O)c1ccc(N)cc1. The highest BCUT2D eigenvalue weighted by Gasteiger charge is 2.31. The fourth-order valence-corrected chi connectivity index (χ4v) is 7.69. The Morgan fingerprint density at radius 3 is 1.95 bits per heavy atom. The van der Waals surface area contributed by atoms with Gasteiger partial charge >= 0.3 is 0 Å².